The zero-order valence-corrected chi connectivity index (χ0v) is 16.7. The number of benzene rings is 1. The summed E-state index contributed by atoms with van der Waals surface area (Å²) in [4.78, 5) is 24.0. The van der Waals surface area contributed by atoms with Gasteiger partial charge in [-0.25, -0.2) is 4.79 Å². The van der Waals surface area contributed by atoms with E-state index in [1.165, 1.54) is 10.6 Å². The lowest BCUT2D eigenvalue weighted by molar-refractivity contribution is 0.173. The van der Waals surface area contributed by atoms with Crippen molar-refractivity contribution in [1.29, 1.82) is 0 Å². The second-order valence-corrected chi connectivity index (χ2v) is 8.06. The highest BCUT2D eigenvalue weighted by Gasteiger charge is 2.25. The molecule has 6 nitrogen and oxygen atoms in total. The first kappa shape index (κ1) is 20.6. The molecule has 146 valence electrons. The number of hydrogen-bond acceptors (Lipinski definition) is 3. The van der Waals surface area contributed by atoms with E-state index in [0.717, 1.165) is 5.56 Å². The van der Waals surface area contributed by atoms with Crippen LogP contribution in [0.15, 0.2) is 53.5 Å². The number of nitrogens with one attached hydrogen (secondary N) is 2. The highest BCUT2D eigenvalue weighted by Crippen LogP contribution is 2.20. The molecule has 0 radical (unpaired) electrons. The van der Waals surface area contributed by atoms with Gasteiger partial charge in [0, 0.05) is 31.3 Å². The minimum atomic E-state index is -0.476. The molecule has 2 N–H and O–H groups in total. The van der Waals surface area contributed by atoms with Gasteiger partial charge in [-0.3, -0.25) is 4.79 Å². The standard InChI is InChI=1S/C21H29N3O3/c1-20(2,15-27-17-11-12-24(5)18(25)13-17)14-22-19(26)23-21(3,4)16-9-7-6-8-10-16/h6-13H,14-15H2,1-5H3,(H2,22,23,26). The average Bonchev–Trinajstić information content (AvgIpc) is 2.62. The van der Waals surface area contributed by atoms with Crippen LogP contribution in [0.1, 0.15) is 33.3 Å². The van der Waals surface area contributed by atoms with E-state index in [0.29, 0.717) is 18.9 Å². The van der Waals surface area contributed by atoms with Gasteiger partial charge < -0.3 is 19.9 Å². The molecule has 0 spiro atoms. The molecule has 2 aromatic rings. The maximum Gasteiger partial charge on any atom is 0.315 e. The van der Waals surface area contributed by atoms with Crippen molar-refractivity contribution in [2.75, 3.05) is 13.2 Å². The molecule has 6 heteroatoms. The second-order valence-electron chi connectivity index (χ2n) is 8.06. The van der Waals surface area contributed by atoms with E-state index in [9.17, 15) is 9.59 Å². The fourth-order valence-corrected chi connectivity index (χ4v) is 2.52. The van der Waals surface area contributed by atoms with Crippen LogP contribution < -0.4 is 20.9 Å². The molecule has 1 aromatic heterocycles. The summed E-state index contributed by atoms with van der Waals surface area (Å²) in [5.74, 6) is 0.529. The number of rotatable bonds is 7. The molecule has 0 saturated carbocycles. The van der Waals surface area contributed by atoms with Gasteiger partial charge in [0.25, 0.3) is 5.56 Å². The van der Waals surface area contributed by atoms with Crippen molar-refractivity contribution in [3.63, 3.8) is 0 Å². The van der Waals surface area contributed by atoms with Gasteiger partial charge in [0.2, 0.25) is 0 Å². The highest BCUT2D eigenvalue weighted by molar-refractivity contribution is 5.75. The van der Waals surface area contributed by atoms with E-state index in [1.807, 2.05) is 58.0 Å². The van der Waals surface area contributed by atoms with Crippen LogP contribution in [0.2, 0.25) is 0 Å². The number of aryl methyl sites for hydroxylation is 1. The predicted octanol–water partition coefficient (Wildman–Crippen LogP) is 3.02. The molecule has 1 heterocycles. The lowest BCUT2D eigenvalue weighted by Gasteiger charge is -2.29. The van der Waals surface area contributed by atoms with Crippen molar-refractivity contribution in [3.05, 3.63) is 64.6 Å². The van der Waals surface area contributed by atoms with Crippen LogP contribution in [0.3, 0.4) is 0 Å². The van der Waals surface area contributed by atoms with Crippen LogP contribution in [0.4, 0.5) is 4.79 Å². The summed E-state index contributed by atoms with van der Waals surface area (Å²) in [6.45, 7) is 8.74. The summed E-state index contributed by atoms with van der Waals surface area (Å²) < 4.78 is 7.21. The fraction of sp³-hybridized carbons (Fsp3) is 0.429. The van der Waals surface area contributed by atoms with Crippen molar-refractivity contribution in [3.8, 4) is 5.75 Å². The first-order valence-corrected chi connectivity index (χ1v) is 9.00. The largest absolute Gasteiger partial charge is 0.493 e. The van der Waals surface area contributed by atoms with Crippen LogP contribution in [0.25, 0.3) is 0 Å². The third-order valence-corrected chi connectivity index (χ3v) is 4.35. The number of ether oxygens (including phenoxy) is 1. The number of carbonyl (C=O) groups excluding carboxylic acids is 1. The Balaban J connectivity index is 1.85. The topological polar surface area (TPSA) is 72.4 Å². The quantitative estimate of drug-likeness (QED) is 0.786. The van der Waals surface area contributed by atoms with Gasteiger partial charge >= 0.3 is 6.03 Å². The molecule has 2 amide bonds. The summed E-state index contributed by atoms with van der Waals surface area (Å²) in [6, 6.07) is 12.8. The van der Waals surface area contributed by atoms with E-state index in [-0.39, 0.29) is 17.0 Å². The van der Waals surface area contributed by atoms with Gasteiger partial charge in [0.1, 0.15) is 5.75 Å². The normalized spacial score (nSPS) is 11.7. The Kier molecular flexibility index (Phi) is 6.31. The maximum absolute atomic E-state index is 12.3. The van der Waals surface area contributed by atoms with Gasteiger partial charge in [-0.15, -0.1) is 0 Å². The molecule has 0 bridgehead atoms. The highest BCUT2D eigenvalue weighted by atomic mass is 16.5. The summed E-state index contributed by atoms with van der Waals surface area (Å²) in [5.41, 5.74) is 0.144. The Hall–Kier alpha value is -2.76. The zero-order chi connectivity index (χ0) is 20.1. The van der Waals surface area contributed by atoms with Crippen LogP contribution in [0, 0.1) is 5.41 Å². The van der Waals surface area contributed by atoms with Crippen molar-refractivity contribution < 1.29 is 9.53 Å². The Morgan fingerprint density at radius 1 is 1.11 bits per heavy atom. The first-order chi connectivity index (χ1) is 12.6. The number of amides is 2. The van der Waals surface area contributed by atoms with Gasteiger partial charge in [-0.05, 0) is 25.5 Å². The van der Waals surface area contributed by atoms with Gasteiger partial charge in [-0.2, -0.15) is 0 Å². The van der Waals surface area contributed by atoms with Gasteiger partial charge in [0.15, 0.2) is 0 Å². The Morgan fingerprint density at radius 2 is 1.78 bits per heavy atom. The molecule has 0 unspecified atom stereocenters. The van der Waals surface area contributed by atoms with Gasteiger partial charge in [0.05, 0.1) is 12.1 Å². The number of aromatic nitrogens is 1. The van der Waals surface area contributed by atoms with E-state index in [2.05, 4.69) is 10.6 Å². The molecular formula is C21H29N3O3. The number of hydrogen-bond donors (Lipinski definition) is 2. The lowest BCUT2D eigenvalue weighted by atomic mass is 9.94. The molecule has 1 aromatic carbocycles. The number of carbonyl (C=O) groups is 1. The van der Waals surface area contributed by atoms with Crippen LogP contribution in [-0.2, 0) is 12.6 Å². The van der Waals surface area contributed by atoms with Crippen molar-refractivity contribution >= 4 is 6.03 Å². The van der Waals surface area contributed by atoms with Crippen LogP contribution >= 0.6 is 0 Å². The predicted molar refractivity (Wildman–Crippen MR) is 107 cm³/mol. The van der Waals surface area contributed by atoms with Crippen molar-refractivity contribution in [1.82, 2.24) is 15.2 Å². The average molecular weight is 371 g/mol. The molecule has 0 saturated heterocycles. The summed E-state index contributed by atoms with van der Waals surface area (Å²) in [7, 11) is 1.69. The third-order valence-electron chi connectivity index (χ3n) is 4.35. The van der Waals surface area contributed by atoms with Crippen molar-refractivity contribution in [2.45, 2.75) is 33.2 Å². The fourth-order valence-electron chi connectivity index (χ4n) is 2.52. The van der Waals surface area contributed by atoms with Crippen molar-refractivity contribution in [2.24, 2.45) is 12.5 Å². The zero-order valence-electron chi connectivity index (χ0n) is 16.7. The SMILES string of the molecule is Cn1ccc(OCC(C)(C)CNC(=O)NC(C)(C)c2ccccc2)cc1=O. The third kappa shape index (κ3) is 6.16. The molecule has 0 aliphatic heterocycles. The monoisotopic (exact) mass is 371 g/mol. The van der Waals surface area contributed by atoms with Crippen LogP contribution in [-0.4, -0.2) is 23.7 Å². The summed E-state index contributed by atoms with van der Waals surface area (Å²) in [6.07, 6.45) is 1.67. The minimum Gasteiger partial charge on any atom is -0.493 e. The molecule has 27 heavy (non-hydrogen) atoms. The Morgan fingerprint density at radius 3 is 2.41 bits per heavy atom. The van der Waals surface area contributed by atoms with Crippen LogP contribution in [0.5, 0.6) is 5.75 Å². The maximum atomic E-state index is 12.3. The molecule has 0 atom stereocenters. The molecule has 0 fully saturated rings. The summed E-state index contributed by atoms with van der Waals surface area (Å²) >= 11 is 0. The Labute approximate surface area is 160 Å². The number of nitrogens with zero attached hydrogens (tertiary/aromatic N) is 1. The smallest absolute Gasteiger partial charge is 0.315 e. The molecule has 0 aliphatic rings. The number of urea groups is 1. The van der Waals surface area contributed by atoms with E-state index < -0.39 is 5.54 Å². The summed E-state index contributed by atoms with van der Waals surface area (Å²) in [5, 5.41) is 5.91. The molecular weight excluding hydrogens is 342 g/mol. The van der Waals surface area contributed by atoms with E-state index in [4.69, 9.17) is 4.74 Å². The van der Waals surface area contributed by atoms with E-state index in [1.54, 1.807) is 19.3 Å². The number of pyridine rings is 1. The first-order valence-electron chi connectivity index (χ1n) is 9.00. The minimum absolute atomic E-state index is 0.119. The van der Waals surface area contributed by atoms with E-state index >= 15 is 0 Å². The molecule has 0 aliphatic carbocycles. The molecule has 2 rings (SSSR count). The van der Waals surface area contributed by atoms with Gasteiger partial charge in [-0.1, -0.05) is 44.2 Å². The second kappa shape index (κ2) is 8.29. The Bertz CT molecular complexity index is 826. The lowest BCUT2D eigenvalue weighted by Crippen LogP contribution is -2.49.